The first kappa shape index (κ1) is 19.2. The number of rotatable bonds is 5. The van der Waals surface area contributed by atoms with Gasteiger partial charge >= 0.3 is 0 Å². The quantitative estimate of drug-likeness (QED) is 0.516. The van der Waals surface area contributed by atoms with E-state index in [1.165, 1.54) is 4.68 Å². The molecule has 0 aliphatic carbocycles. The van der Waals surface area contributed by atoms with Crippen LogP contribution in [0.3, 0.4) is 0 Å². The Labute approximate surface area is 172 Å². The van der Waals surface area contributed by atoms with Crippen molar-refractivity contribution in [1.82, 2.24) is 9.66 Å². The van der Waals surface area contributed by atoms with Gasteiger partial charge in [0.1, 0.15) is 5.75 Å². The van der Waals surface area contributed by atoms with E-state index < -0.39 is 0 Å². The van der Waals surface area contributed by atoms with Crippen molar-refractivity contribution >= 4 is 17.1 Å². The van der Waals surface area contributed by atoms with Gasteiger partial charge in [0, 0.05) is 5.56 Å². The first-order valence-electron chi connectivity index (χ1n) is 9.18. The van der Waals surface area contributed by atoms with Crippen molar-refractivity contribution in [2.45, 2.75) is 0 Å². The molecule has 7 nitrogen and oxygen atoms in total. The lowest BCUT2D eigenvalue weighted by Crippen LogP contribution is -2.20. The number of hydrogen-bond donors (Lipinski definition) is 1. The number of benzene rings is 3. The van der Waals surface area contributed by atoms with Crippen molar-refractivity contribution in [3.05, 3.63) is 82.6 Å². The third kappa shape index (κ3) is 3.60. The number of para-hydroxylation sites is 1. The topological polar surface area (TPSA) is 85.9 Å². The summed E-state index contributed by atoms with van der Waals surface area (Å²) in [5, 5.41) is 14.3. The molecule has 0 bridgehead atoms. The molecule has 0 aliphatic heterocycles. The van der Waals surface area contributed by atoms with Crippen LogP contribution in [0, 0.1) is 0 Å². The Morgan fingerprint density at radius 1 is 0.967 bits per heavy atom. The smallest absolute Gasteiger partial charge is 0.282 e. The molecule has 0 atom stereocenters. The van der Waals surface area contributed by atoms with Gasteiger partial charge < -0.3 is 14.6 Å². The number of aromatic hydroxyl groups is 1. The van der Waals surface area contributed by atoms with E-state index in [1.807, 2.05) is 6.07 Å². The summed E-state index contributed by atoms with van der Waals surface area (Å²) >= 11 is 0. The maximum atomic E-state index is 13.2. The molecular weight excluding hydrogens is 382 g/mol. The standard InChI is InChI=1S/C23H19N3O4/c1-29-20-12-9-16(13-21(20)30-2)22-25-19-6-4-3-5-18(19)23(28)26(22)24-14-15-7-10-17(27)11-8-15/h3-14,27H,1-2H3. The fourth-order valence-corrected chi connectivity index (χ4v) is 3.08. The van der Waals surface area contributed by atoms with Crippen LogP contribution in [0.5, 0.6) is 17.2 Å². The highest BCUT2D eigenvalue weighted by Gasteiger charge is 2.14. The molecule has 1 N–H and O–H groups in total. The predicted molar refractivity (Wildman–Crippen MR) is 116 cm³/mol. The lowest BCUT2D eigenvalue weighted by Gasteiger charge is -2.12. The third-order valence-corrected chi connectivity index (χ3v) is 4.61. The van der Waals surface area contributed by atoms with Gasteiger partial charge in [-0.3, -0.25) is 4.79 Å². The number of phenolic OH excluding ortho intramolecular Hbond substituents is 1. The van der Waals surface area contributed by atoms with Gasteiger partial charge in [0.05, 0.1) is 31.3 Å². The van der Waals surface area contributed by atoms with Crippen LogP contribution in [0.2, 0.25) is 0 Å². The fourth-order valence-electron chi connectivity index (χ4n) is 3.08. The van der Waals surface area contributed by atoms with Gasteiger partial charge in [-0.2, -0.15) is 9.78 Å². The SMILES string of the molecule is COc1ccc(-c2nc3ccccc3c(=O)n2N=Cc2ccc(O)cc2)cc1OC. The average molecular weight is 401 g/mol. The lowest BCUT2D eigenvalue weighted by molar-refractivity contribution is 0.355. The molecule has 0 unspecified atom stereocenters. The minimum Gasteiger partial charge on any atom is -0.508 e. The molecule has 4 aromatic rings. The zero-order valence-corrected chi connectivity index (χ0v) is 16.4. The van der Waals surface area contributed by atoms with E-state index in [0.29, 0.717) is 33.8 Å². The highest BCUT2D eigenvalue weighted by atomic mass is 16.5. The molecule has 0 radical (unpaired) electrons. The molecule has 150 valence electrons. The van der Waals surface area contributed by atoms with Gasteiger partial charge in [0.2, 0.25) is 0 Å². The Hall–Kier alpha value is -4.13. The summed E-state index contributed by atoms with van der Waals surface area (Å²) in [6.07, 6.45) is 1.54. The van der Waals surface area contributed by atoms with E-state index in [0.717, 1.165) is 5.56 Å². The summed E-state index contributed by atoms with van der Waals surface area (Å²) in [6, 6.07) is 18.9. The lowest BCUT2D eigenvalue weighted by atomic mass is 10.1. The first-order chi connectivity index (χ1) is 14.6. The van der Waals surface area contributed by atoms with Crippen LogP contribution >= 0.6 is 0 Å². The zero-order chi connectivity index (χ0) is 21.1. The number of methoxy groups -OCH3 is 2. The van der Waals surface area contributed by atoms with Gasteiger partial charge in [-0.1, -0.05) is 12.1 Å². The molecule has 0 spiro atoms. The highest BCUT2D eigenvalue weighted by Crippen LogP contribution is 2.31. The molecule has 30 heavy (non-hydrogen) atoms. The molecule has 3 aromatic carbocycles. The largest absolute Gasteiger partial charge is 0.508 e. The Kier molecular flexibility index (Phi) is 5.17. The van der Waals surface area contributed by atoms with Crippen LogP contribution in [0.15, 0.2) is 76.6 Å². The van der Waals surface area contributed by atoms with Crippen molar-refractivity contribution in [3.63, 3.8) is 0 Å². The van der Waals surface area contributed by atoms with E-state index in [2.05, 4.69) is 10.1 Å². The van der Waals surface area contributed by atoms with E-state index >= 15 is 0 Å². The minimum atomic E-state index is -0.291. The molecule has 0 fully saturated rings. The van der Waals surface area contributed by atoms with E-state index in [4.69, 9.17) is 9.47 Å². The van der Waals surface area contributed by atoms with Crippen LogP contribution in [0.4, 0.5) is 0 Å². The van der Waals surface area contributed by atoms with E-state index in [-0.39, 0.29) is 11.3 Å². The van der Waals surface area contributed by atoms with Crippen molar-refractivity contribution in [3.8, 4) is 28.6 Å². The number of ether oxygens (including phenoxy) is 2. The summed E-state index contributed by atoms with van der Waals surface area (Å²) in [5.41, 5.74) is 1.66. The normalized spacial score (nSPS) is 11.1. The summed E-state index contributed by atoms with van der Waals surface area (Å²) in [7, 11) is 3.11. The van der Waals surface area contributed by atoms with Gasteiger partial charge in [0.15, 0.2) is 17.3 Å². The van der Waals surface area contributed by atoms with Crippen LogP contribution in [-0.2, 0) is 0 Å². The Morgan fingerprint density at radius 2 is 1.70 bits per heavy atom. The second kappa shape index (κ2) is 8.08. The van der Waals surface area contributed by atoms with Crippen LogP contribution in [-0.4, -0.2) is 35.2 Å². The second-order valence-corrected chi connectivity index (χ2v) is 6.48. The number of hydrogen-bond acceptors (Lipinski definition) is 6. The Balaban J connectivity index is 1.93. The van der Waals surface area contributed by atoms with Crippen LogP contribution in [0.25, 0.3) is 22.3 Å². The molecule has 4 rings (SSSR count). The Bertz CT molecular complexity index is 1290. The highest BCUT2D eigenvalue weighted by molar-refractivity contribution is 5.82. The third-order valence-electron chi connectivity index (χ3n) is 4.61. The summed E-state index contributed by atoms with van der Waals surface area (Å²) < 4.78 is 12.0. The molecule has 0 saturated carbocycles. The van der Waals surface area contributed by atoms with Gasteiger partial charge in [-0.15, -0.1) is 0 Å². The predicted octanol–water partition coefficient (Wildman–Crippen LogP) is 3.67. The molecule has 1 heterocycles. The minimum absolute atomic E-state index is 0.155. The second-order valence-electron chi connectivity index (χ2n) is 6.48. The maximum Gasteiger partial charge on any atom is 0.282 e. The van der Waals surface area contributed by atoms with Crippen molar-refractivity contribution < 1.29 is 14.6 Å². The van der Waals surface area contributed by atoms with Crippen LogP contribution < -0.4 is 15.0 Å². The molecule has 0 saturated heterocycles. The molecule has 1 aromatic heterocycles. The van der Waals surface area contributed by atoms with Crippen molar-refractivity contribution in [2.75, 3.05) is 14.2 Å². The van der Waals surface area contributed by atoms with Crippen molar-refractivity contribution in [1.29, 1.82) is 0 Å². The summed E-state index contributed by atoms with van der Waals surface area (Å²) in [5.74, 6) is 1.62. The first-order valence-corrected chi connectivity index (χ1v) is 9.18. The Morgan fingerprint density at radius 3 is 2.43 bits per heavy atom. The summed E-state index contributed by atoms with van der Waals surface area (Å²) in [4.78, 5) is 17.9. The molecule has 0 aliphatic rings. The number of fused-ring (bicyclic) bond motifs is 1. The molecule has 7 heteroatoms. The monoisotopic (exact) mass is 401 g/mol. The van der Waals surface area contributed by atoms with E-state index in [1.54, 1.807) is 81.1 Å². The summed E-state index contributed by atoms with van der Waals surface area (Å²) in [6.45, 7) is 0. The zero-order valence-electron chi connectivity index (χ0n) is 16.4. The van der Waals surface area contributed by atoms with Crippen molar-refractivity contribution in [2.24, 2.45) is 5.10 Å². The van der Waals surface area contributed by atoms with Crippen LogP contribution in [0.1, 0.15) is 5.56 Å². The maximum absolute atomic E-state index is 13.2. The number of phenols is 1. The molecule has 0 amide bonds. The number of aromatic nitrogens is 2. The fraction of sp³-hybridized carbons (Fsp3) is 0.0870. The average Bonchev–Trinajstić information content (AvgIpc) is 2.79. The van der Waals surface area contributed by atoms with Gasteiger partial charge in [-0.05, 0) is 60.2 Å². The number of nitrogens with zero attached hydrogens (tertiary/aromatic N) is 3. The van der Waals surface area contributed by atoms with Gasteiger partial charge in [0.25, 0.3) is 5.56 Å². The molecular formula is C23H19N3O4. The van der Waals surface area contributed by atoms with Gasteiger partial charge in [-0.25, -0.2) is 4.98 Å². The van der Waals surface area contributed by atoms with E-state index in [9.17, 15) is 9.90 Å².